The average molecular weight is 724 g/mol. The number of aryl methyl sites for hydroxylation is 1. The molecule has 260 valence electrons. The molecule has 2 unspecified atom stereocenters. The van der Waals surface area contributed by atoms with E-state index in [1.807, 2.05) is 0 Å². The van der Waals surface area contributed by atoms with Gasteiger partial charge in [-0.3, -0.25) is 4.79 Å². The van der Waals surface area contributed by atoms with Gasteiger partial charge in [0.1, 0.15) is 14.6 Å². The fraction of sp³-hybridized carbons (Fsp3) is 0.552. The van der Waals surface area contributed by atoms with Crippen molar-refractivity contribution >= 4 is 25.6 Å². The van der Waals surface area contributed by atoms with Gasteiger partial charge in [0.25, 0.3) is 0 Å². The fourth-order valence-electron chi connectivity index (χ4n) is 7.06. The predicted molar refractivity (Wildman–Crippen MR) is 146 cm³/mol. The highest BCUT2D eigenvalue weighted by molar-refractivity contribution is 7.92. The second-order valence-electron chi connectivity index (χ2n) is 12.5. The molecule has 2 saturated heterocycles. The molecular weight excluding hydrogens is 696 g/mol. The third kappa shape index (κ3) is 5.40. The van der Waals surface area contributed by atoms with E-state index in [0.29, 0.717) is 36.4 Å². The third-order valence-electron chi connectivity index (χ3n) is 9.74. The first-order valence-corrected chi connectivity index (χ1v) is 17.5. The monoisotopic (exact) mass is 723 g/mol. The normalized spacial score (nSPS) is 24.8. The van der Waals surface area contributed by atoms with Crippen molar-refractivity contribution < 1.29 is 65.5 Å². The molecular formula is C29H27F10NO5S2. The molecule has 1 aliphatic carbocycles. The Balaban J connectivity index is 1.68. The smallest absolute Gasteiger partial charge is 0.337 e. The van der Waals surface area contributed by atoms with E-state index in [4.69, 9.17) is 0 Å². The number of fused-ring (bicyclic) bond motifs is 3. The van der Waals surface area contributed by atoms with Crippen molar-refractivity contribution in [3.8, 4) is 0 Å². The molecule has 2 aromatic rings. The summed E-state index contributed by atoms with van der Waals surface area (Å²) in [4.78, 5) is 14.5. The maximum Gasteiger partial charge on any atom is 0.435 e. The van der Waals surface area contributed by atoms with Gasteiger partial charge in [0, 0.05) is 17.5 Å². The Morgan fingerprint density at radius 2 is 1.36 bits per heavy atom. The molecule has 0 radical (unpaired) electrons. The zero-order chi connectivity index (χ0) is 35.2. The summed E-state index contributed by atoms with van der Waals surface area (Å²) in [5.74, 6) is -1.26. The first-order chi connectivity index (χ1) is 21.3. The van der Waals surface area contributed by atoms with Gasteiger partial charge in [0.15, 0.2) is 9.84 Å². The lowest BCUT2D eigenvalue weighted by Crippen LogP contribution is -2.55. The average Bonchev–Trinajstić information content (AvgIpc) is 3.38. The van der Waals surface area contributed by atoms with Crippen LogP contribution in [0.5, 0.6) is 0 Å². The molecule has 2 atom stereocenters. The summed E-state index contributed by atoms with van der Waals surface area (Å²) in [5, 5.41) is 0. The second kappa shape index (κ2) is 10.8. The molecule has 0 saturated carbocycles. The van der Waals surface area contributed by atoms with Crippen molar-refractivity contribution in [2.24, 2.45) is 5.41 Å². The van der Waals surface area contributed by atoms with Crippen LogP contribution in [0.4, 0.5) is 43.9 Å². The Kier molecular flexibility index (Phi) is 8.14. The fourth-order valence-corrected chi connectivity index (χ4v) is 11.1. The topological polar surface area (TPSA) is 88.6 Å². The number of rotatable bonds is 4. The molecule has 0 N–H and O–H groups in total. The lowest BCUT2D eigenvalue weighted by atomic mass is 9.76. The van der Waals surface area contributed by atoms with Gasteiger partial charge in [-0.25, -0.2) is 21.2 Å². The van der Waals surface area contributed by atoms with Gasteiger partial charge in [0.2, 0.25) is 5.91 Å². The summed E-state index contributed by atoms with van der Waals surface area (Å²) in [6, 6.07) is 2.17. The largest absolute Gasteiger partial charge is 0.435 e. The van der Waals surface area contributed by atoms with Crippen molar-refractivity contribution in [3.63, 3.8) is 0 Å². The van der Waals surface area contributed by atoms with Crippen molar-refractivity contribution in [2.75, 3.05) is 18.1 Å². The highest BCUT2D eigenvalue weighted by Crippen LogP contribution is 2.57. The van der Waals surface area contributed by atoms with Gasteiger partial charge in [-0.2, -0.15) is 39.5 Å². The third-order valence-corrected chi connectivity index (χ3v) is 13.9. The van der Waals surface area contributed by atoms with Crippen LogP contribution >= 0.6 is 0 Å². The van der Waals surface area contributed by atoms with Crippen molar-refractivity contribution in [1.82, 2.24) is 4.90 Å². The molecule has 0 bridgehead atoms. The summed E-state index contributed by atoms with van der Waals surface area (Å²) in [5.41, 5.74) is -10.8. The highest BCUT2D eigenvalue weighted by atomic mass is 32.2. The first-order valence-electron chi connectivity index (χ1n) is 14.2. The van der Waals surface area contributed by atoms with E-state index in [9.17, 15) is 61.1 Å². The molecule has 0 aromatic heterocycles. The minimum Gasteiger partial charge on any atom is -0.337 e. The van der Waals surface area contributed by atoms with Crippen LogP contribution in [0.3, 0.4) is 0 Å². The van der Waals surface area contributed by atoms with E-state index in [0.717, 1.165) is 0 Å². The molecule has 5 rings (SSSR count). The number of halogens is 10. The van der Waals surface area contributed by atoms with Crippen LogP contribution in [0.1, 0.15) is 54.9 Å². The Morgan fingerprint density at radius 3 is 1.87 bits per heavy atom. The Morgan fingerprint density at radius 1 is 0.830 bits per heavy atom. The molecule has 2 heterocycles. The Hall–Kier alpha value is -2.89. The zero-order valence-corrected chi connectivity index (χ0v) is 26.0. The van der Waals surface area contributed by atoms with Crippen molar-refractivity contribution in [1.29, 1.82) is 0 Å². The maximum atomic E-state index is 15.0. The van der Waals surface area contributed by atoms with Crippen LogP contribution in [0, 0.1) is 5.41 Å². The van der Waals surface area contributed by atoms with Gasteiger partial charge in [0.05, 0.1) is 28.0 Å². The highest BCUT2D eigenvalue weighted by Gasteiger charge is 2.74. The van der Waals surface area contributed by atoms with Gasteiger partial charge >= 0.3 is 24.2 Å². The van der Waals surface area contributed by atoms with Gasteiger partial charge in [-0.05, 0) is 67.5 Å². The van der Waals surface area contributed by atoms with Crippen LogP contribution < -0.4 is 0 Å². The summed E-state index contributed by atoms with van der Waals surface area (Å²) in [6.07, 6.45) is -19.1. The Labute approximate surface area is 263 Å². The minimum absolute atomic E-state index is 0.0938. The number of amides is 1. The molecule has 2 aromatic carbocycles. The number of likely N-dealkylation sites (tertiary alicyclic amines) is 1. The van der Waals surface area contributed by atoms with Crippen LogP contribution in [-0.4, -0.2) is 64.1 Å². The van der Waals surface area contributed by atoms with E-state index in [2.05, 4.69) is 0 Å². The number of benzene rings is 2. The molecule has 2 aliphatic heterocycles. The lowest BCUT2D eigenvalue weighted by molar-refractivity contribution is -0.348. The van der Waals surface area contributed by atoms with E-state index in [-0.39, 0.29) is 60.9 Å². The summed E-state index contributed by atoms with van der Waals surface area (Å²) in [6.45, 7) is 1.22. The van der Waals surface area contributed by atoms with Crippen molar-refractivity contribution in [2.45, 2.75) is 78.9 Å². The predicted octanol–water partition coefficient (Wildman–Crippen LogP) is 6.43. The molecule has 6 nitrogen and oxygen atoms in total. The molecule has 2 fully saturated rings. The number of sulfone groups is 2. The van der Waals surface area contributed by atoms with Crippen LogP contribution in [0.2, 0.25) is 0 Å². The zero-order valence-electron chi connectivity index (χ0n) is 24.4. The molecule has 3 aliphatic rings. The number of hydrogen-bond acceptors (Lipinski definition) is 5. The number of carbonyl (C=O) groups excluding carboxylic acids is 1. The minimum atomic E-state index is -6.44. The van der Waals surface area contributed by atoms with Crippen LogP contribution in [0.15, 0.2) is 47.4 Å². The maximum absolute atomic E-state index is 15.0. The van der Waals surface area contributed by atoms with E-state index >= 15 is 4.39 Å². The van der Waals surface area contributed by atoms with Crippen LogP contribution in [-0.2, 0) is 47.5 Å². The van der Waals surface area contributed by atoms with Crippen LogP contribution in [0.25, 0.3) is 0 Å². The molecule has 0 spiro atoms. The first kappa shape index (κ1) is 35.4. The quantitative estimate of drug-likeness (QED) is 0.340. The van der Waals surface area contributed by atoms with Gasteiger partial charge in [-0.15, -0.1) is 0 Å². The Bertz CT molecular complexity index is 1770. The van der Waals surface area contributed by atoms with Crippen molar-refractivity contribution in [3.05, 3.63) is 64.7 Å². The summed E-state index contributed by atoms with van der Waals surface area (Å²) >= 11 is 0. The van der Waals surface area contributed by atoms with Gasteiger partial charge in [-0.1, -0.05) is 25.1 Å². The van der Waals surface area contributed by atoms with E-state index in [1.165, 1.54) is 11.8 Å². The second-order valence-corrected chi connectivity index (χ2v) is 17.0. The molecule has 18 heteroatoms. The number of nitrogens with zero attached hydrogens (tertiary/aromatic N) is 1. The van der Waals surface area contributed by atoms with Gasteiger partial charge < -0.3 is 4.90 Å². The number of alkyl halides is 10. The molecule has 1 amide bonds. The van der Waals surface area contributed by atoms with E-state index in [1.54, 1.807) is 0 Å². The van der Waals surface area contributed by atoms with E-state index < -0.39 is 88.4 Å². The lowest BCUT2D eigenvalue weighted by Gasteiger charge is -2.45. The standard InChI is InChI=1S/C29H27F10NO5S2/c1-24(11-14-46(42,43)15-12-24)23(41)40-13-10-25(47(44,45)20-6-3-18(4-7-20)27(31,32)33)21-8-5-19(16-17(21)2-9-22(25)40)26(30,28(34,35)36)29(37,38)39/h3-8,16,22H,2,9-15H2,1H3. The SMILES string of the molecule is CC1(C(=O)N2CCC3(S(=O)(=O)c4ccc(C(F)(F)F)cc4)c4ccc(C(F)(C(F)(F)F)C(F)(F)F)cc4CCC23)CCS(=O)(=O)CC1. The number of carbonyl (C=O) groups is 1. The summed E-state index contributed by atoms with van der Waals surface area (Å²) < 4.78 is 187. The summed E-state index contributed by atoms with van der Waals surface area (Å²) in [7, 11) is -8.31. The molecule has 47 heavy (non-hydrogen) atoms. The number of hydrogen-bond donors (Lipinski definition) is 0.